The zero-order chi connectivity index (χ0) is 22.0. The number of ether oxygens (including phenoxy) is 1. The summed E-state index contributed by atoms with van der Waals surface area (Å²) in [5.41, 5.74) is 1.65. The zero-order valence-corrected chi connectivity index (χ0v) is 18.0. The lowest BCUT2D eigenvalue weighted by molar-refractivity contribution is -0.142. The lowest BCUT2D eigenvalue weighted by Crippen LogP contribution is -2.46. The smallest absolute Gasteiger partial charge is 0.240 e. The molecule has 3 amide bonds. The van der Waals surface area contributed by atoms with Crippen molar-refractivity contribution < 1.29 is 19.1 Å². The number of carbonyl (C=O) groups excluding carboxylic acids is 3. The summed E-state index contributed by atoms with van der Waals surface area (Å²) in [4.78, 5) is 41.8. The standard InChI is InChI=1S/C25H28N2O4/c1-26(21-12-14-31-15-13-21)22(28)16-25(17-23(29)27(2)24(25)30)20-10-8-19(9-11-20)18-6-4-3-5-7-18/h3-11,21H,12-17H2,1-2H3. The van der Waals surface area contributed by atoms with Crippen LogP contribution in [-0.2, 0) is 24.5 Å². The van der Waals surface area contributed by atoms with E-state index in [0.717, 1.165) is 28.9 Å². The molecule has 0 radical (unpaired) electrons. The van der Waals surface area contributed by atoms with E-state index in [9.17, 15) is 14.4 Å². The van der Waals surface area contributed by atoms with E-state index >= 15 is 0 Å². The first-order valence-electron chi connectivity index (χ1n) is 10.7. The van der Waals surface area contributed by atoms with Gasteiger partial charge < -0.3 is 9.64 Å². The van der Waals surface area contributed by atoms with E-state index in [1.54, 1.807) is 11.9 Å². The van der Waals surface area contributed by atoms with E-state index < -0.39 is 5.41 Å². The molecule has 2 aliphatic rings. The number of likely N-dealkylation sites (tertiary alicyclic amines) is 1. The predicted molar refractivity (Wildman–Crippen MR) is 117 cm³/mol. The first-order chi connectivity index (χ1) is 14.9. The molecule has 6 nitrogen and oxygen atoms in total. The summed E-state index contributed by atoms with van der Waals surface area (Å²) in [7, 11) is 3.28. The van der Waals surface area contributed by atoms with Crippen molar-refractivity contribution >= 4 is 17.7 Å². The number of imide groups is 1. The number of nitrogens with zero attached hydrogens (tertiary/aromatic N) is 2. The van der Waals surface area contributed by atoms with Gasteiger partial charge in [-0.25, -0.2) is 0 Å². The van der Waals surface area contributed by atoms with Gasteiger partial charge in [0.15, 0.2) is 0 Å². The van der Waals surface area contributed by atoms with Crippen LogP contribution in [0, 0.1) is 0 Å². The summed E-state index contributed by atoms with van der Waals surface area (Å²) in [6, 6.07) is 17.7. The molecule has 0 spiro atoms. The zero-order valence-electron chi connectivity index (χ0n) is 18.0. The predicted octanol–water partition coefficient (Wildman–Crippen LogP) is 3.01. The van der Waals surface area contributed by atoms with Gasteiger partial charge >= 0.3 is 0 Å². The van der Waals surface area contributed by atoms with Gasteiger partial charge in [-0.3, -0.25) is 19.3 Å². The monoisotopic (exact) mass is 420 g/mol. The molecule has 0 saturated carbocycles. The highest BCUT2D eigenvalue weighted by molar-refractivity contribution is 6.10. The Morgan fingerprint density at radius 3 is 2.23 bits per heavy atom. The SMILES string of the molecule is CN1C(=O)CC(CC(=O)N(C)C2CCOCC2)(c2ccc(-c3ccccc3)cc2)C1=O. The summed E-state index contributed by atoms with van der Waals surface area (Å²) >= 11 is 0. The minimum atomic E-state index is -1.16. The third-order valence-electron chi connectivity index (χ3n) is 6.67. The highest BCUT2D eigenvalue weighted by Crippen LogP contribution is 2.40. The van der Waals surface area contributed by atoms with Gasteiger partial charge in [0.2, 0.25) is 17.7 Å². The number of hydrogen-bond donors (Lipinski definition) is 0. The molecule has 0 aromatic heterocycles. The molecule has 4 rings (SSSR count). The molecule has 2 heterocycles. The minimum Gasteiger partial charge on any atom is -0.381 e. The summed E-state index contributed by atoms with van der Waals surface area (Å²) in [6.45, 7) is 1.27. The van der Waals surface area contributed by atoms with Gasteiger partial charge in [0.1, 0.15) is 0 Å². The molecule has 1 unspecified atom stereocenters. The van der Waals surface area contributed by atoms with Gasteiger partial charge in [0.25, 0.3) is 0 Å². The molecule has 0 aliphatic carbocycles. The summed E-state index contributed by atoms with van der Waals surface area (Å²) in [5.74, 6) is -0.673. The quantitative estimate of drug-likeness (QED) is 0.698. The Kier molecular flexibility index (Phi) is 5.92. The molecule has 6 heteroatoms. The fraction of sp³-hybridized carbons (Fsp3) is 0.400. The average Bonchev–Trinajstić information content (AvgIpc) is 3.04. The van der Waals surface area contributed by atoms with Crippen LogP contribution in [0.5, 0.6) is 0 Å². The van der Waals surface area contributed by atoms with Crippen LogP contribution in [0.1, 0.15) is 31.2 Å². The van der Waals surface area contributed by atoms with Gasteiger partial charge in [0, 0.05) is 46.2 Å². The van der Waals surface area contributed by atoms with E-state index in [-0.39, 0.29) is 36.6 Å². The molecule has 0 N–H and O–H groups in total. The van der Waals surface area contributed by atoms with Gasteiger partial charge in [-0.2, -0.15) is 0 Å². The van der Waals surface area contributed by atoms with Crippen LogP contribution in [0.15, 0.2) is 54.6 Å². The number of hydrogen-bond acceptors (Lipinski definition) is 4. The maximum Gasteiger partial charge on any atom is 0.240 e. The van der Waals surface area contributed by atoms with Crippen LogP contribution < -0.4 is 0 Å². The van der Waals surface area contributed by atoms with Gasteiger partial charge in [-0.1, -0.05) is 54.6 Å². The maximum absolute atomic E-state index is 13.2. The molecule has 2 saturated heterocycles. The summed E-state index contributed by atoms with van der Waals surface area (Å²) in [5, 5.41) is 0. The lowest BCUT2D eigenvalue weighted by Gasteiger charge is -2.34. The molecule has 1 atom stereocenters. The van der Waals surface area contributed by atoms with E-state index in [4.69, 9.17) is 4.74 Å². The largest absolute Gasteiger partial charge is 0.381 e. The van der Waals surface area contributed by atoms with Crippen LogP contribution in [0.4, 0.5) is 0 Å². The average molecular weight is 421 g/mol. The molecule has 2 fully saturated rings. The Morgan fingerprint density at radius 2 is 1.65 bits per heavy atom. The Morgan fingerprint density at radius 1 is 1.03 bits per heavy atom. The fourth-order valence-electron chi connectivity index (χ4n) is 4.62. The molecule has 2 aromatic carbocycles. The van der Waals surface area contributed by atoms with Gasteiger partial charge in [0.05, 0.1) is 5.41 Å². The summed E-state index contributed by atoms with van der Waals surface area (Å²) < 4.78 is 5.40. The van der Waals surface area contributed by atoms with E-state index in [1.807, 2.05) is 54.6 Å². The van der Waals surface area contributed by atoms with Crippen molar-refractivity contribution in [3.05, 3.63) is 60.2 Å². The highest BCUT2D eigenvalue weighted by atomic mass is 16.5. The molecular formula is C25H28N2O4. The number of rotatable bonds is 5. The fourth-order valence-corrected chi connectivity index (χ4v) is 4.62. The van der Waals surface area contributed by atoms with Crippen molar-refractivity contribution in [1.29, 1.82) is 0 Å². The Hall–Kier alpha value is -2.99. The van der Waals surface area contributed by atoms with Crippen LogP contribution in [0.2, 0.25) is 0 Å². The Bertz CT molecular complexity index is 967. The van der Waals surface area contributed by atoms with Crippen LogP contribution >= 0.6 is 0 Å². The Labute approximate surface area is 182 Å². The highest BCUT2D eigenvalue weighted by Gasteiger charge is 2.53. The van der Waals surface area contributed by atoms with Crippen LogP contribution in [-0.4, -0.2) is 60.9 Å². The maximum atomic E-state index is 13.2. The number of carbonyl (C=O) groups is 3. The van der Waals surface area contributed by atoms with Crippen molar-refractivity contribution in [3.63, 3.8) is 0 Å². The molecule has 31 heavy (non-hydrogen) atoms. The van der Waals surface area contributed by atoms with Crippen LogP contribution in [0.3, 0.4) is 0 Å². The second-order valence-corrected chi connectivity index (χ2v) is 8.49. The first kappa shape index (κ1) is 21.2. The number of likely N-dealkylation sites (N-methyl/N-ethyl adjacent to an activating group) is 1. The lowest BCUT2D eigenvalue weighted by atomic mass is 9.75. The van der Waals surface area contributed by atoms with E-state index in [2.05, 4.69) is 0 Å². The van der Waals surface area contributed by atoms with Crippen molar-refractivity contribution in [2.75, 3.05) is 27.3 Å². The molecule has 162 valence electrons. The van der Waals surface area contributed by atoms with Gasteiger partial charge in [-0.15, -0.1) is 0 Å². The minimum absolute atomic E-state index is 0.0134. The van der Waals surface area contributed by atoms with Crippen molar-refractivity contribution in [1.82, 2.24) is 9.80 Å². The number of amides is 3. The molecule has 0 bridgehead atoms. The second kappa shape index (κ2) is 8.63. The van der Waals surface area contributed by atoms with E-state index in [1.165, 1.54) is 7.05 Å². The first-order valence-corrected chi connectivity index (χ1v) is 10.7. The van der Waals surface area contributed by atoms with Crippen LogP contribution in [0.25, 0.3) is 11.1 Å². The molecular weight excluding hydrogens is 392 g/mol. The third-order valence-corrected chi connectivity index (χ3v) is 6.67. The third kappa shape index (κ3) is 4.00. The molecule has 2 aromatic rings. The summed E-state index contributed by atoms with van der Waals surface area (Å²) in [6.07, 6.45) is 1.57. The second-order valence-electron chi connectivity index (χ2n) is 8.49. The Balaban J connectivity index is 1.64. The molecule has 2 aliphatic heterocycles. The number of benzene rings is 2. The normalized spacial score (nSPS) is 22.1. The van der Waals surface area contributed by atoms with Crippen molar-refractivity contribution in [2.24, 2.45) is 0 Å². The van der Waals surface area contributed by atoms with Crippen molar-refractivity contribution in [3.8, 4) is 11.1 Å². The van der Waals surface area contributed by atoms with Gasteiger partial charge in [-0.05, 0) is 29.5 Å². The van der Waals surface area contributed by atoms with E-state index in [0.29, 0.717) is 18.8 Å². The van der Waals surface area contributed by atoms with Crippen molar-refractivity contribution in [2.45, 2.75) is 37.1 Å². The topological polar surface area (TPSA) is 66.9 Å².